The van der Waals surface area contributed by atoms with Crippen LogP contribution in [0.25, 0.3) is 0 Å². The van der Waals surface area contributed by atoms with E-state index < -0.39 is 5.97 Å². The van der Waals surface area contributed by atoms with Gasteiger partial charge in [-0.15, -0.1) is 0 Å². The normalized spacial score (nSPS) is 8.98. The number of unbranched alkanes of at least 4 members (excludes halogenated alkanes) is 9. The van der Waals surface area contributed by atoms with Gasteiger partial charge in [-0.2, -0.15) is 0 Å². The van der Waals surface area contributed by atoms with E-state index in [0.29, 0.717) is 21.7 Å². The molecule has 9 nitrogen and oxygen atoms in total. The van der Waals surface area contributed by atoms with Gasteiger partial charge >= 0.3 is 19.5 Å². The number of guanidine groups is 1. The number of nitrogens with one attached hydrogen (secondary N) is 2. The second kappa shape index (κ2) is 40.1. The second-order valence-corrected chi connectivity index (χ2v) is 14.5. The largest absolute Gasteiger partial charge is 2.00 e. The van der Waals surface area contributed by atoms with Gasteiger partial charge in [0, 0.05) is 54.7 Å². The van der Waals surface area contributed by atoms with E-state index in [1.165, 1.54) is 79.4 Å². The minimum Gasteiger partial charge on any atom is -0.481 e. The summed E-state index contributed by atoms with van der Waals surface area (Å²) < 4.78 is 2.42. The fraction of sp³-hybridized carbons (Fsp3) is 0.760. The maximum absolute atomic E-state index is 9.00. The maximum atomic E-state index is 9.00. The van der Waals surface area contributed by atoms with Crippen LogP contribution in [0, 0.1) is 0 Å². The first-order chi connectivity index (χ1) is 19.6. The van der Waals surface area contributed by atoms with Gasteiger partial charge in [0.05, 0.1) is 0 Å². The van der Waals surface area contributed by atoms with Crippen LogP contribution in [-0.4, -0.2) is 91.9 Å². The Kier molecular flexibility index (Phi) is 49.0. The van der Waals surface area contributed by atoms with Crippen molar-refractivity contribution < 1.29 is 29.4 Å². The van der Waals surface area contributed by atoms with Crippen molar-refractivity contribution in [2.75, 3.05) is 47.8 Å². The third kappa shape index (κ3) is 61.8. The number of carboxylic acids is 1. The van der Waals surface area contributed by atoms with Crippen LogP contribution in [0.5, 0.6) is 0 Å². The van der Waals surface area contributed by atoms with Gasteiger partial charge in [-0.05, 0) is 28.0 Å². The van der Waals surface area contributed by atoms with Crippen molar-refractivity contribution in [3.8, 4) is 0 Å². The zero-order valence-electron chi connectivity index (χ0n) is 26.5. The van der Waals surface area contributed by atoms with Crippen molar-refractivity contribution in [3.63, 3.8) is 0 Å². The molecule has 0 amide bonds. The van der Waals surface area contributed by atoms with E-state index in [9.17, 15) is 0 Å². The smallest absolute Gasteiger partial charge is 0.481 e. The summed E-state index contributed by atoms with van der Waals surface area (Å²) in [5.74, 6) is -0.615. The van der Waals surface area contributed by atoms with Crippen LogP contribution in [-0.2, 0) is 49.5 Å². The zero-order valence-corrected chi connectivity index (χ0v) is 36.0. The van der Waals surface area contributed by atoms with Crippen LogP contribution in [0.1, 0.15) is 78.1 Å². The Labute approximate surface area is 314 Å². The molecule has 7 N–H and O–H groups in total. The van der Waals surface area contributed by atoms with E-state index in [1.807, 2.05) is 38.0 Å². The predicted octanol–water partition coefficient (Wildman–Crippen LogP) is 5.16. The second-order valence-electron chi connectivity index (χ2n) is 8.92. The van der Waals surface area contributed by atoms with E-state index in [-0.39, 0.29) is 25.4 Å². The SMILES string of the molecule is CC(=O)O.CCCCCCCCCCCCN=C(N)N.CN(C)C(=S)SSC(=S)N(C)C.S=C([S-])NCCNC(=S)[S-].[Zn+2]. The third-order valence-corrected chi connectivity index (χ3v) is 9.12. The van der Waals surface area contributed by atoms with Crippen LogP contribution in [0.4, 0.5) is 0 Å². The topological polar surface area (TPSA) is 132 Å². The number of carbonyl (C=O) groups is 1. The van der Waals surface area contributed by atoms with Crippen molar-refractivity contribution in [1.29, 1.82) is 0 Å². The molecule has 248 valence electrons. The fourth-order valence-corrected chi connectivity index (χ4v) is 5.14. The summed E-state index contributed by atoms with van der Waals surface area (Å²) in [6.07, 6.45) is 13.5. The molecular formula is C25H51N7O2S8Zn. The number of rotatable bonds is 14. The van der Waals surface area contributed by atoms with Crippen molar-refractivity contribution in [1.82, 2.24) is 20.4 Å². The van der Waals surface area contributed by atoms with Gasteiger partial charge in [0.2, 0.25) is 0 Å². The maximum Gasteiger partial charge on any atom is 2.00 e. The molecule has 0 aromatic rings. The molecule has 18 heteroatoms. The van der Waals surface area contributed by atoms with Crippen LogP contribution >= 0.6 is 70.5 Å². The molecule has 0 atom stereocenters. The summed E-state index contributed by atoms with van der Waals surface area (Å²) in [5, 5.41) is 13.0. The Morgan fingerprint density at radius 2 is 1.07 bits per heavy atom. The molecule has 43 heavy (non-hydrogen) atoms. The molecule has 0 aliphatic heterocycles. The Morgan fingerprint density at radius 3 is 1.33 bits per heavy atom. The standard InChI is InChI=1S/C13H29N3.C6H12N2S4.C4H8N2S4.C2H4O2.Zn/c1-2-3-4-5-6-7-8-9-10-11-12-16-13(14)15;1-7(2)5(9)11-12-6(10)8(3)4;7-3(8)5-1-2-6-4(9)10;1-2(3)4;/h2-12H2,1H3,(H4,14,15,16);1-4H3;1-2H2,(H2,5,7,8)(H2,6,9,10);1H3,(H,3,4);/q;;;;+2/p-2. The molecule has 0 bridgehead atoms. The molecule has 0 aromatic carbocycles. The number of carboxylic acid groups (broad SMARTS) is 1. The van der Waals surface area contributed by atoms with Gasteiger partial charge < -0.3 is 86.7 Å². The van der Waals surface area contributed by atoms with Gasteiger partial charge in [0.15, 0.2) is 5.96 Å². The van der Waals surface area contributed by atoms with Crippen LogP contribution in [0.15, 0.2) is 4.99 Å². The average Bonchev–Trinajstić information content (AvgIpc) is 2.88. The van der Waals surface area contributed by atoms with Gasteiger partial charge in [-0.3, -0.25) is 9.79 Å². The Balaban J connectivity index is -0.000000160. The minimum atomic E-state index is -0.833. The van der Waals surface area contributed by atoms with E-state index in [2.05, 4.69) is 72.2 Å². The molecule has 0 saturated heterocycles. The van der Waals surface area contributed by atoms with Crippen molar-refractivity contribution in [3.05, 3.63) is 0 Å². The number of nitrogens with two attached hydrogens (primary N) is 2. The van der Waals surface area contributed by atoms with Crippen molar-refractivity contribution in [2.45, 2.75) is 78.1 Å². The molecule has 0 aromatic heterocycles. The van der Waals surface area contributed by atoms with E-state index in [1.54, 1.807) is 0 Å². The number of thiocarbonyl (C=S) groups is 4. The molecule has 0 saturated carbocycles. The fourth-order valence-electron chi connectivity index (χ4n) is 2.36. The molecule has 0 aliphatic rings. The van der Waals surface area contributed by atoms with Gasteiger partial charge in [-0.1, -0.05) is 97.8 Å². The molecule has 0 aliphatic carbocycles. The van der Waals surface area contributed by atoms with Gasteiger partial charge in [0.25, 0.3) is 5.97 Å². The summed E-state index contributed by atoms with van der Waals surface area (Å²) in [6.45, 7) is 5.47. The summed E-state index contributed by atoms with van der Waals surface area (Å²) >= 11 is 28.5. The quantitative estimate of drug-likeness (QED) is 0.0301. The molecular weight excluding hydrogens is 752 g/mol. The Morgan fingerprint density at radius 1 is 0.767 bits per heavy atom. The first-order valence-electron chi connectivity index (χ1n) is 13.5. The van der Waals surface area contributed by atoms with E-state index in [0.717, 1.165) is 28.5 Å². The van der Waals surface area contributed by atoms with Crippen LogP contribution < -0.4 is 22.1 Å². The zero-order chi connectivity index (χ0) is 33.3. The minimum absolute atomic E-state index is 0. The summed E-state index contributed by atoms with van der Waals surface area (Å²) in [4.78, 5) is 16.8. The average molecular weight is 804 g/mol. The summed E-state index contributed by atoms with van der Waals surface area (Å²) in [6, 6.07) is 0. The molecule has 0 unspecified atom stereocenters. The van der Waals surface area contributed by atoms with E-state index >= 15 is 0 Å². The number of hydrogen-bond acceptors (Lipinski definition) is 10. The molecule has 0 heterocycles. The first kappa shape index (κ1) is 52.6. The number of hydrogen-bond donors (Lipinski definition) is 5. The van der Waals surface area contributed by atoms with Crippen LogP contribution in [0.3, 0.4) is 0 Å². The molecule has 0 spiro atoms. The van der Waals surface area contributed by atoms with Crippen molar-refractivity contribution >= 4 is 125 Å². The van der Waals surface area contributed by atoms with Crippen molar-refractivity contribution in [2.24, 2.45) is 16.5 Å². The van der Waals surface area contributed by atoms with Crippen LogP contribution in [0.2, 0.25) is 0 Å². The monoisotopic (exact) mass is 801 g/mol. The Bertz CT molecular complexity index is 721. The Hall–Kier alpha value is 0.0634. The number of nitrogens with zero attached hydrogens (tertiary/aromatic N) is 3. The van der Waals surface area contributed by atoms with E-state index in [4.69, 9.17) is 45.8 Å². The third-order valence-electron chi connectivity index (χ3n) is 4.38. The summed E-state index contributed by atoms with van der Waals surface area (Å²) in [7, 11) is 10.7. The molecule has 0 radical (unpaired) electrons. The summed E-state index contributed by atoms with van der Waals surface area (Å²) in [5.41, 5.74) is 10.5. The predicted molar refractivity (Wildman–Crippen MR) is 210 cm³/mol. The van der Waals surface area contributed by atoms with Gasteiger partial charge in [-0.25, -0.2) is 0 Å². The first-order valence-corrected chi connectivity index (χ1v) is 18.1. The number of aliphatic carboxylic acids is 1. The molecule has 0 fully saturated rings. The molecule has 0 rings (SSSR count). The van der Waals surface area contributed by atoms with Gasteiger partial charge in [0.1, 0.15) is 8.64 Å². The number of aliphatic imine (C=N–C) groups is 1.